The molecule has 8 heteroatoms. The highest BCUT2D eigenvalue weighted by molar-refractivity contribution is 5.90. The summed E-state index contributed by atoms with van der Waals surface area (Å²) in [6.07, 6.45) is 8.79. The fourth-order valence-corrected chi connectivity index (χ4v) is 4.28. The van der Waals surface area contributed by atoms with Crippen molar-refractivity contribution in [3.8, 4) is 0 Å². The van der Waals surface area contributed by atoms with Crippen LogP contribution in [0.25, 0.3) is 0 Å². The molecule has 182 valence electrons. The van der Waals surface area contributed by atoms with Crippen LogP contribution in [0.1, 0.15) is 58.8 Å². The Labute approximate surface area is 192 Å². The lowest BCUT2D eigenvalue weighted by molar-refractivity contribution is -0.142. The zero-order valence-corrected chi connectivity index (χ0v) is 19.8. The summed E-state index contributed by atoms with van der Waals surface area (Å²) < 4.78 is 5.40. The van der Waals surface area contributed by atoms with Crippen LogP contribution in [0.5, 0.6) is 0 Å². The van der Waals surface area contributed by atoms with E-state index in [0.29, 0.717) is 19.5 Å². The molecule has 0 aromatic rings. The average Bonchev–Trinajstić information content (AvgIpc) is 2.76. The van der Waals surface area contributed by atoms with Gasteiger partial charge >= 0.3 is 5.97 Å². The van der Waals surface area contributed by atoms with E-state index in [1.165, 1.54) is 0 Å². The molecule has 0 aromatic carbocycles. The van der Waals surface area contributed by atoms with E-state index >= 15 is 0 Å². The van der Waals surface area contributed by atoms with Crippen molar-refractivity contribution in [3.05, 3.63) is 12.2 Å². The number of nitrogens with one attached hydrogen (secondary N) is 1. The van der Waals surface area contributed by atoms with Gasteiger partial charge in [-0.3, -0.25) is 19.3 Å². The number of ether oxygens (including phenoxy) is 1. The number of allylic oxidation sites excluding steroid dienone is 2. The van der Waals surface area contributed by atoms with E-state index < -0.39 is 17.9 Å². The summed E-state index contributed by atoms with van der Waals surface area (Å²) in [6, 6.07) is -0.638. The van der Waals surface area contributed by atoms with Crippen LogP contribution in [-0.4, -0.2) is 84.7 Å². The second-order valence-corrected chi connectivity index (χ2v) is 9.20. The summed E-state index contributed by atoms with van der Waals surface area (Å²) in [6.45, 7) is 9.44. The Morgan fingerprint density at radius 2 is 1.81 bits per heavy atom. The first-order valence-electron chi connectivity index (χ1n) is 12.1. The van der Waals surface area contributed by atoms with Crippen LogP contribution in [0, 0.1) is 11.8 Å². The van der Waals surface area contributed by atoms with Gasteiger partial charge in [0.05, 0.1) is 19.6 Å². The second kappa shape index (κ2) is 14.3. The summed E-state index contributed by atoms with van der Waals surface area (Å²) in [5, 5.41) is 12.2. The Balaban J connectivity index is 2.09. The number of hydrogen-bond acceptors (Lipinski definition) is 5. The summed E-state index contributed by atoms with van der Waals surface area (Å²) in [5.74, 6) is -2.07. The molecule has 2 rings (SSSR count). The quantitative estimate of drug-likeness (QED) is 0.576. The minimum absolute atomic E-state index is 0.0644. The molecule has 2 atom stereocenters. The van der Waals surface area contributed by atoms with Crippen molar-refractivity contribution in [1.82, 2.24) is 15.1 Å². The number of morpholine rings is 1. The predicted molar refractivity (Wildman–Crippen MR) is 123 cm³/mol. The highest BCUT2D eigenvalue weighted by atomic mass is 16.5. The zero-order valence-electron chi connectivity index (χ0n) is 19.8. The zero-order chi connectivity index (χ0) is 23.3. The largest absolute Gasteiger partial charge is 0.481 e. The van der Waals surface area contributed by atoms with Gasteiger partial charge in [0.2, 0.25) is 11.8 Å². The van der Waals surface area contributed by atoms with Gasteiger partial charge in [-0.15, -0.1) is 0 Å². The van der Waals surface area contributed by atoms with Crippen molar-refractivity contribution in [2.45, 2.75) is 64.8 Å². The summed E-state index contributed by atoms with van der Waals surface area (Å²) in [5.41, 5.74) is 0. The first kappa shape index (κ1) is 26.3. The maximum absolute atomic E-state index is 13.5. The molecule has 2 amide bonds. The van der Waals surface area contributed by atoms with E-state index in [1.807, 2.05) is 18.7 Å². The SMILES string of the molecule is CC(C)C1NC(=O)C(CC(=O)O)CCCC=CCCCN(CCCN2CCOCC2)C1=O. The van der Waals surface area contributed by atoms with Crippen LogP contribution in [0.3, 0.4) is 0 Å². The Kier molecular flexibility index (Phi) is 11.7. The lowest BCUT2D eigenvalue weighted by Crippen LogP contribution is -2.53. The third-order valence-corrected chi connectivity index (χ3v) is 6.23. The normalized spacial score (nSPS) is 24.9. The van der Waals surface area contributed by atoms with E-state index in [2.05, 4.69) is 22.4 Å². The lowest BCUT2D eigenvalue weighted by atomic mass is 9.95. The molecule has 2 aliphatic heterocycles. The number of aliphatic carboxylic acids is 1. The standard InChI is InChI=1S/C24H41N3O5/c1-19(2)22-24(31)27(13-9-11-26-14-16-32-17-15-26)12-8-6-4-3-5-7-10-20(18-21(28)29)23(30)25-22/h3-4,19-20,22H,5-18H2,1-2H3,(H,25,30)(H,28,29). The second-order valence-electron chi connectivity index (χ2n) is 9.20. The highest BCUT2D eigenvalue weighted by Gasteiger charge is 2.31. The monoisotopic (exact) mass is 451 g/mol. The van der Waals surface area contributed by atoms with Gasteiger partial charge in [-0.1, -0.05) is 26.0 Å². The van der Waals surface area contributed by atoms with Crippen molar-refractivity contribution < 1.29 is 24.2 Å². The molecular weight excluding hydrogens is 410 g/mol. The molecule has 0 aliphatic carbocycles. The van der Waals surface area contributed by atoms with Crippen LogP contribution < -0.4 is 5.32 Å². The van der Waals surface area contributed by atoms with Crippen LogP contribution in [0.15, 0.2) is 12.2 Å². The average molecular weight is 452 g/mol. The summed E-state index contributed by atoms with van der Waals surface area (Å²) >= 11 is 0. The van der Waals surface area contributed by atoms with Gasteiger partial charge in [0, 0.05) is 38.6 Å². The van der Waals surface area contributed by atoms with Crippen molar-refractivity contribution in [3.63, 3.8) is 0 Å². The molecule has 32 heavy (non-hydrogen) atoms. The number of carboxylic acids is 1. The van der Waals surface area contributed by atoms with Crippen molar-refractivity contribution in [2.75, 3.05) is 45.9 Å². The molecule has 0 spiro atoms. The minimum Gasteiger partial charge on any atom is -0.481 e. The van der Waals surface area contributed by atoms with Gasteiger partial charge in [0.15, 0.2) is 0 Å². The lowest BCUT2D eigenvalue weighted by Gasteiger charge is -2.32. The number of carboxylic acid groups (broad SMARTS) is 1. The fraction of sp³-hybridized carbons (Fsp3) is 0.792. The predicted octanol–water partition coefficient (Wildman–Crippen LogP) is 2.29. The van der Waals surface area contributed by atoms with Crippen LogP contribution in [0.2, 0.25) is 0 Å². The van der Waals surface area contributed by atoms with Gasteiger partial charge in [-0.05, 0) is 44.4 Å². The molecule has 2 heterocycles. The van der Waals surface area contributed by atoms with Gasteiger partial charge in [0.1, 0.15) is 6.04 Å². The number of hydrogen-bond donors (Lipinski definition) is 2. The van der Waals surface area contributed by atoms with E-state index in [1.54, 1.807) is 0 Å². The molecule has 2 aliphatic rings. The Morgan fingerprint density at radius 1 is 1.12 bits per heavy atom. The summed E-state index contributed by atoms with van der Waals surface area (Å²) in [4.78, 5) is 41.9. The fourth-order valence-electron chi connectivity index (χ4n) is 4.28. The Morgan fingerprint density at radius 3 is 2.47 bits per heavy atom. The van der Waals surface area contributed by atoms with Crippen molar-refractivity contribution >= 4 is 17.8 Å². The van der Waals surface area contributed by atoms with Crippen molar-refractivity contribution in [2.24, 2.45) is 11.8 Å². The number of carbonyl (C=O) groups excluding carboxylic acids is 2. The van der Waals surface area contributed by atoms with E-state index in [9.17, 15) is 19.5 Å². The van der Waals surface area contributed by atoms with Crippen molar-refractivity contribution in [1.29, 1.82) is 0 Å². The van der Waals surface area contributed by atoms with E-state index in [0.717, 1.165) is 65.0 Å². The van der Waals surface area contributed by atoms with Gasteiger partial charge in [-0.2, -0.15) is 0 Å². The maximum Gasteiger partial charge on any atom is 0.304 e. The van der Waals surface area contributed by atoms with Gasteiger partial charge < -0.3 is 20.1 Å². The molecule has 1 saturated heterocycles. The topological polar surface area (TPSA) is 99.2 Å². The summed E-state index contributed by atoms with van der Waals surface area (Å²) in [7, 11) is 0. The highest BCUT2D eigenvalue weighted by Crippen LogP contribution is 2.17. The number of amides is 2. The van der Waals surface area contributed by atoms with E-state index in [-0.39, 0.29) is 24.2 Å². The van der Waals surface area contributed by atoms with Crippen LogP contribution in [0.4, 0.5) is 0 Å². The molecule has 8 nitrogen and oxygen atoms in total. The molecule has 2 N–H and O–H groups in total. The third-order valence-electron chi connectivity index (χ3n) is 6.23. The van der Waals surface area contributed by atoms with Gasteiger partial charge in [0.25, 0.3) is 0 Å². The van der Waals surface area contributed by atoms with Gasteiger partial charge in [-0.25, -0.2) is 0 Å². The molecule has 0 bridgehead atoms. The number of rotatable bonds is 7. The van der Waals surface area contributed by atoms with E-state index in [4.69, 9.17) is 4.74 Å². The molecule has 0 radical (unpaired) electrons. The molecule has 0 aromatic heterocycles. The molecule has 1 fully saturated rings. The Hall–Kier alpha value is -1.93. The number of carbonyl (C=O) groups is 3. The first-order valence-corrected chi connectivity index (χ1v) is 12.1. The smallest absolute Gasteiger partial charge is 0.304 e. The molecule has 2 unspecified atom stereocenters. The number of nitrogens with zero attached hydrogens (tertiary/aromatic N) is 2. The molecular formula is C24H41N3O5. The molecule has 0 saturated carbocycles. The minimum atomic E-state index is -0.987. The third kappa shape index (κ3) is 9.28. The maximum atomic E-state index is 13.5. The van der Waals surface area contributed by atoms with Crippen LogP contribution >= 0.6 is 0 Å². The Bertz CT molecular complexity index is 631. The van der Waals surface area contributed by atoms with Crippen LogP contribution in [-0.2, 0) is 19.1 Å². The first-order chi connectivity index (χ1) is 15.4.